The zero-order valence-corrected chi connectivity index (χ0v) is 19.4. The van der Waals surface area contributed by atoms with E-state index in [0.717, 1.165) is 19.4 Å². The zero-order chi connectivity index (χ0) is 23.4. The Morgan fingerprint density at radius 2 is 2.15 bits per heavy atom. The number of ether oxygens (including phenoxy) is 2. The number of rotatable bonds is 2. The predicted octanol–water partition coefficient (Wildman–Crippen LogP) is 2.67. The minimum atomic E-state index is -0.649. The Morgan fingerprint density at radius 3 is 2.94 bits per heavy atom. The van der Waals surface area contributed by atoms with Crippen LogP contribution in [0.25, 0.3) is 11.3 Å². The van der Waals surface area contributed by atoms with Gasteiger partial charge in [0.1, 0.15) is 40.3 Å². The van der Waals surface area contributed by atoms with Crippen LogP contribution in [0.4, 0.5) is 10.2 Å². The topological polar surface area (TPSA) is 87.2 Å². The first kappa shape index (κ1) is 21.9. The molecular weight excluding hydrogens is 463 g/mol. The standard InChI is InChI=1S/C24H26ClFN4O4/c25-19-20(17-15(26)2-1-3-16(17)31)28-22(29-7-4-24(12-29)5-9-33-13-24)18-21(19)34-11-14-10-27-6-8-30(14)23(18)32/h1-3,14,27,31H,4-13H2/t14-,24?/m1/s1. The van der Waals surface area contributed by atoms with Crippen molar-refractivity contribution in [1.82, 2.24) is 15.2 Å². The lowest BCUT2D eigenvalue weighted by atomic mass is 9.87. The van der Waals surface area contributed by atoms with Gasteiger partial charge >= 0.3 is 0 Å². The molecule has 4 aliphatic heterocycles. The van der Waals surface area contributed by atoms with Gasteiger partial charge < -0.3 is 29.7 Å². The molecule has 1 amide bonds. The molecule has 4 aliphatic rings. The Balaban J connectivity index is 1.54. The Kier molecular flexibility index (Phi) is 5.31. The number of nitrogens with zero attached hydrogens (tertiary/aromatic N) is 3. The Labute approximate surface area is 201 Å². The van der Waals surface area contributed by atoms with Crippen molar-refractivity contribution in [3.8, 4) is 22.8 Å². The monoisotopic (exact) mass is 488 g/mol. The summed E-state index contributed by atoms with van der Waals surface area (Å²) in [5, 5.41) is 13.8. The summed E-state index contributed by atoms with van der Waals surface area (Å²) in [7, 11) is 0. The lowest BCUT2D eigenvalue weighted by Crippen LogP contribution is -2.55. The number of anilines is 1. The van der Waals surface area contributed by atoms with Crippen LogP contribution in [-0.2, 0) is 4.74 Å². The molecule has 0 radical (unpaired) electrons. The van der Waals surface area contributed by atoms with E-state index in [-0.39, 0.29) is 51.7 Å². The van der Waals surface area contributed by atoms with E-state index in [9.17, 15) is 14.3 Å². The Hall–Kier alpha value is -2.62. The van der Waals surface area contributed by atoms with Crippen molar-refractivity contribution in [2.45, 2.75) is 18.9 Å². The number of hydrogen-bond donors (Lipinski definition) is 2. The van der Waals surface area contributed by atoms with Gasteiger partial charge in [0, 0.05) is 44.7 Å². The lowest BCUT2D eigenvalue weighted by Gasteiger charge is -2.34. The summed E-state index contributed by atoms with van der Waals surface area (Å²) in [4.78, 5) is 22.5. The van der Waals surface area contributed by atoms with E-state index in [4.69, 9.17) is 26.1 Å². The number of phenolic OH excluding ortho intramolecular Hbond substituents is 1. The maximum absolute atomic E-state index is 14.9. The number of phenols is 1. The van der Waals surface area contributed by atoms with Crippen LogP contribution in [0.2, 0.25) is 5.02 Å². The van der Waals surface area contributed by atoms with E-state index in [1.807, 2.05) is 4.90 Å². The molecule has 1 unspecified atom stereocenters. The number of aromatic hydroxyl groups is 1. The highest BCUT2D eigenvalue weighted by Gasteiger charge is 2.45. The minimum Gasteiger partial charge on any atom is -0.507 e. The molecule has 6 rings (SSSR count). The summed E-state index contributed by atoms with van der Waals surface area (Å²) in [6.45, 7) is 4.88. The van der Waals surface area contributed by atoms with Gasteiger partial charge in [-0.2, -0.15) is 0 Å². The highest BCUT2D eigenvalue weighted by atomic mass is 35.5. The predicted molar refractivity (Wildman–Crippen MR) is 124 cm³/mol. The van der Waals surface area contributed by atoms with Gasteiger partial charge in [-0.3, -0.25) is 4.79 Å². The highest BCUT2D eigenvalue weighted by Crippen LogP contribution is 2.48. The van der Waals surface area contributed by atoms with E-state index in [1.165, 1.54) is 18.2 Å². The first-order valence-electron chi connectivity index (χ1n) is 11.7. The van der Waals surface area contributed by atoms with Crippen molar-refractivity contribution >= 4 is 23.3 Å². The fourth-order valence-corrected chi connectivity index (χ4v) is 5.87. The number of aromatic nitrogens is 1. The summed E-state index contributed by atoms with van der Waals surface area (Å²) in [6.07, 6.45) is 1.86. The number of piperazine rings is 1. The number of carbonyl (C=O) groups excluding carboxylic acids is 1. The average Bonchev–Trinajstić information content (AvgIpc) is 3.44. The molecule has 2 atom stereocenters. The second kappa shape index (κ2) is 8.25. The fourth-order valence-electron chi connectivity index (χ4n) is 5.59. The molecule has 5 heterocycles. The van der Waals surface area contributed by atoms with Gasteiger partial charge in [-0.15, -0.1) is 0 Å². The molecule has 1 aromatic heterocycles. The molecule has 8 nitrogen and oxygen atoms in total. The molecule has 10 heteroatoms. The zero-order valence-electron chi connectivity index (χ0n) is 18.6. The normalized spacial score (nSPS) is 26.4. The van der Waals surface area contributed by atoms with Gasteiger partial charge in [0.15, 0.2) is 5.75 Å². The van der Waals surface area contributed by atoms with Crippen LogP contribution in [0.1, 0.15) is 23.2 Å². The molecule has 0 saturated carbocycles. The smallest absolute Gasteiger partial charge is 0.261 e. The molecule has 180 valence electrons. The van der Waals surface area contributed by atoms with Gasteiger partial charge in [0.25, 0.3) is 5.91 Å². The first-order chi connectivity index (χ1) is 16.5. The number of nitrogens with one attached hydrogen (secondary N) is 1. The van der Waals surface area contributed by atoms with Crippen LogP contribution in [0.5, 0.6) is 11.5 Å². The molecule has 34 heavy (non-hydrogen) atoms. The molecule has 3 fully saturated rings. The van der Waals surface area contributed by atoms with Crippen LogP contribution < -0.4 is 15.0 Å². The van der Waals surface area contributed by atoms with E-state index in [2.05, 4.69) is 10.2 Å². The van der Waals surface area contributed by atoms with Crippen molar-refractivity contribution in [2.24, 2.45) is 5.41 Å². The van der Waals surface area contributed by atoms with Crippen LogP contribution in [0.15, 0.2) is 18.2 Å². The number of benzene rings is 1. The summed E-state index contributed by atoms with van der Waals surface area (Å²) in [5.74, 6) is -0.485. The van der Waals surface area contributed by atoms with Crippen molar-refractivity contribution in [3.63, 3.8) is 0 Å². The van der Waals surface area contributed by atoms with Crippen LogP contribution >= 0.6 is 11.6 Å². The third-order valence-corrected chi connectivity index (χ3v) is 7.82. The molecule has 0 bridgehead atoms. The number of hydrogen-bond acceptors (Lipinski definition) is 7. The number of carbonyl (C=O) groups is 1. The SMILES string of the molecule is O=C1c2c(N3CCC4(CCOC4)C3)nc(-c3c(O)cccc3F)c(Cl)c2OC[C@H]2CNCCN12. The summed E-state index contributed by atoms with van der Waals surface area (Å²) < 4.78 is 26.7. The average molecular weight is 489 g/mol. The summed E-state index contributed by atoms with van der Waals surface area (Å²) in [6, 6.07) is 3.91. The number of pyridine rings is 1. The van der Waals surface area contributed by atoms with Crippen LogP contribution in [0.3, 0.4) is 0 Å². The lowest BCUT2D eigenvalue weighted by molar-refractivity contribution is 0.0606. The van der Waals surface area contributed by atoms with E-state index in [1.54, 1.807) is 0 Å². The largest absolute Gasteiger partial charge is 0.507 e. The van der Waals surface area contributed by atoms with E-state index < -0.39 is 5.82 Å². The molecule has 1 spiro atoms. The van der Waals surface area contributed by atoms with Crippen molar-refractivity contribution < 1.29 is 23.8 Å². The van der Waals surface area contributed by atoms with Crippen molar-refractivity contribution in [1.29, 1.82) is 0 Å². The quantitative estimate of drug-likeness (QED) is 0.672. The van der Waals surface area contributed by atoms with E-state index in [0.29, 0.717) is 50.7 Å². The highest BCUT2D eigenvalue weighted by molar-refractivity contribution is 6.35. The summed E-state index contributed by atoms with van der Waals surface area (Å²) in [5.41, 5.74) is 0.292. The number of fused-ring (bicyclic) bond motifs is 2. The third-order valence-electron chi connectivity index (χ3n) is 7.47. The molecule has 1 aromatic carbocycles. The van der Waals surface area contributed by atoms with Gasteiger partial charge in [0.05, 0.1) is 18.2 Å². The van der Waals surface area contributed by atoms with Gasteiger partial charge in [-0.05, 0) is 25.0 Å². The minimum absolute atomic E-state index is 0.0146. The Morgan fingerprint density at radius 1 is 1.26 bits per heavy atom. The molecule has 2 N–H and O–H groups in total. The van der Waals surface area contributed by atoms with Gasteiger partial charge in [-0.25, -0.2) is 9.37 Å². The molecule has 0 aliphatic carbocycles. The fraction of sp³-hybridized carbons (Fsp3) is 0.500. The van der Waals surface area contributed by atoms with Gasteiger partial charge in [0.2, 0.25) is 0 Å². The number of halogens is 2. The molecule has 2 aromatic rings. The Bertz CT molecular complexity index is 1140. The van der Waals surface area contributed by atoms with Crippen LogP contribution in [-0.4, -0.2) is 79.5 Å². The van der Waals surface area contributed by atoms with Crippen LogP contribution in [0, 0.1) is 11.2 Å². The number of amides is 1. The van der Waals surface area contributed by atoms with Crippen molar-refractivity contribution in [2.75, 3.05) is 57.4 Å². The summed E-state index contributed by atoms with van der Waals surface area (Å²) >= 11 is 6.75. The molecular formula is C24H26ClFN4O4. The van der Waals surface area contributed by atoms with E-state index >= 15 is 0 Å². The van der Waals surface area contributed by atoms with Crippen molar-refractivity contribution in [3.05, 3.63) is 34.6 Å². The second-order valence-electron chi connectivity index (χ2n) is 9.58. The third kappa shape index (κ3) is 3.40. The first-order valence-corrected chi connectivity index (χ1v) is 12.0. The second-order valence-corrected chi connectivity index (χ2v) is 9.96. The maximum Gasteiger partial charge on any atom is 0.261 e. The molecule has 3 saturated heterocycles. The van der Waals surface area contributed by atoms with Gasteiger partial charge in [-0.1, -0.05) is 17.7 Å². The maximum atomic E-state index is 14.9.